The molecule has 70 valence electrons. The number of hydrogen-bond acceptors (Lipinski definition) is 3. The number of carboxylic acids is 1. The van der Waals surface area contributed by atoms with Gasteiger partial charge in [0, 0.05) is 0 Å². The molecule has 6 N–H and O–H groups in total. The molecule has 0 radical (unpaired) electrons. The Kier molecular flexibility index (Phi) is 4.06. The van der Waals surface area contributed by atoms with E-state index in [2.05, 4.69) is 0 Å². The van der Waals surface area contributed by atoms with E-state index in [0.717, 1.165) is 5.01 Å². The fourth-order valence-corrected chi connectivity index (χ4v) is 0.823. The topological polar surface area (TPSA) is 116 Å². The van der Waals surface area contributed by atoms with E-state index in [0.29, 0.717) is 12.8 Å². The summed E-state index contributed by atoms with van der Waals surface area (Å²) in [5.41, 5.74) is 5.03. The monoisotopic (exact) mass is 174 g/mol. The van der Waals surface area contributed by atoms with Gasteiger partial charge < -0.3 is 10.8 Å². The zero-order valence-corrected chi connectivity index (χ0v) is 6.95. The summed E-state index contributed by atoms with van der Waals surface area (Å²) in [6.45, 7) is 1.84. The van der Waals surface area contributed by atoms with Crippen molar-refractivity contribution in [2.45, 2.75) is 25.8 Å². The predicted octanol–water partition coefficient (Wildman–Crippen LogP) is -0.691. The Balaban J connectivity index is 4.28. The maximum Gasteiger partial charge on any atom is 0.328 e. The van der Waals surface area contributed by atoms with Crippen LogP contribution in [0.5, 0.6) is 0 Å². The second-order valence-electron chi connectivity index (χ2n) is 2.44. The minimum atomic E-state index is -1.06. The number of carbonyl (C=O) groups is 1. The lowest BCUT2D eigenvalue weighted by atomic mass is 10.1. The predicted molar refractivity (Wildman–Crippen MR) is 44.3 cm³/mol. The van der Waals surface area contributed by atoms with Gasteiger partial charge in [0.1, 0.15) is 6.04 Å². The molecule has 0 amide bonds. The summed E-state index contributed by atoms with van der Waals surface area (Å²) in [6.07, 6.45) is 1.06. The Morgan fingerprint density at radius 3 is 2.50 bits per heavy atom. The Morgan fingerprint density at radius 1 is 1.75 bits per heavy atom. The lowest BCUT2D eigenvalue weighted by molar-refractivity contribution is -0.142. The van der Waals surface area contributed by atoms with Gasteiger partial charge in [-0.3, -0.25) is 10.4 Å². The van der Waals surface area contributed by atoms with Crippen LogP contribution in [-0.4, -0.2) is 28.1 Å². The third-order valence-electron chi connectivity index (χ3n) is 1.46. The van der Waals surface area contributed by atoms with Crippen LogP contribution in [0.15, 0.2) is 0 Å². The minimum absolute atomic E-state index is 0.380. The third-order valence-corrected chi connectivity index (χ3v) is 1.46. The normalized spacial score (nSPS) is 12.2. The highest BCUT2D eigenvalue weighted by Crippen LogP contribution is 2.02. The molecule has 6 heteroatoms. The van der Waals surface area contributed by atoms with E-state index in [1.807, 2.05) is 6.92 Å². The number of guanidine groups is 1. The maximum absolute atomic E-state index is 10.6. The second kappa shape index (κ2) is 4.55. The largest absolute Gasteiger partial charge is 0.480 e. The molecule has 0 aromatic carbocycles. The van der Waals surface area contributed by atoms with Gasteiger partial charge in [-0.2, -0.15) is 0 Å². The van der Waals surface area contributed by atoms with Gasteiger partial charge in [0.25, 0.3) is 0 Å². The molecular weight excluding hydrogens is 160 g/mol. The number of carboxylic acid groups (broad SMARTS) is 1. The summed E-state index contributed by atoms with van der Waals surface area (Å²) in [5.74, 6) is 3.76. The number of nitrogens with one attached hydrogen (secondary N) is 1. The molecule has 12 heavy (non-hydrogen) atoms. The van der Waals surface area contributed by atoms with Crippen molar-refractivity contribution in [2.24, 2.45) is 11.6 Å². The molecule has 0 bridgehead atoms. The quantitative estimate of drug-likeness (QED) is 0.195. The van der Waals surface area contributed by atoms with Gasteiger partial charge in [0.15, 0.2) is 0 Å². The molecule has 0 aliphatic carbocycles. The summed E-state index contributed by atoms with van der Waals surface area (Å²) < 4.78 is 0. The van der Waals surface area contributed by atoms with Gasteiger partial charge in [-0.15, -0.1) is 0 Å². The van der Waals surface area contributed by atoms with Crippen molar-refractivity contribution in [3.63, 3.8) is 0 Å². The number of nitrogens with two attached hydrogens (primary N) is 2. The number of hydrazine groups is 1. The summed E-state index contributed by atoms with van der Waals surface area (Å²) >= 11 is 0. The Labute approximate surface area is 70.6 Å². The molecule has 0 heterocycles. The molecule has 0 fully saturated rings. The first-order valence-electron chi connectivity index (χ1n) is 3.61. The van der Waals surface area contributed by atoms with Crippen LogP contribution in [-0.2, 0) is 4.79 Å². The van der Waals surface area contributed by atoms with E-state index in [4.69, 9.17) is 22.1 Å². The Hall–Kier alpha value is -1.30. The lowest BCUT2D eigenvalue weighted by Crippen LogP contribution is -2.52. The van der Waals surface area contributed by atoms with E-state index >= 15 is 0 Å². The third kappa shape index (κ3) is 2.75. The van der Waals surface area contributed by atoms with Crippen molar-refractivity contribution in [2.75, 3.05) is 0 Å². The van der Waals surface area contributed by atoms with Crippen LogP contribution in [0.2, 0.25) is 0 Å². The number of nitrogens with zero attached hydrogens (tertiary/aromatic N) is 1. The van der Waals surface area contributed by atoms with E-state index in [9.17, 15) is 4.79 Å². The summed E-state index contributed by atoms with van der Waals surface area (Å²) in [6, 6.07) is -0.896. The van der Waals surface area contributed by atoms with E-state index in [1.165, 1.54) is 0 Å². The van der Waals surface area contributed by atoms with Crippen molar-refractivity contribution < 1.29 is 9.90 Å². The zero-order valence-electron chi connectivity index (χ0n) is 6.95. The van der Waals surface area contributed by atoms with Crippen molar-refractivity contribution in [1.29, 1.82) is 5.41 Å². The molecule has 1 atom stereocenters. The second-order valence-corrected chi connectivity index (χ2v) is 2.44. The maximum atomic E-state index is 10.6. The highest BCUT2D eigenvalue weighted by atomic mass is 16.4. The summed E-state index contributed by atoms with van der Waals surface area (Å²) in [5, 5.41) is 16.3. The van der Waals surface area contributed by atoms with Crippen molar-refractivity contribution in [3.8, 4) is 0 Å². The fourth-order valence-electron chi connectivity index (χ4n) is 0.823. The van der Waals surface area contributed by atoms with Gasteiger partial charge in [-0.1, -0.05) is 13.3 Å². The first-order valence-corrected chi connectivity index (χ1v) is 3.61. The standard InChI is InChI=1S/C6H14N4O2/c1-2-3-4(5(11)12)10(9)6(7)8/h4H,2-3,9H2,1H3,(H3,7,8)(H,11,12). The van der Waals surface area contributed by atoms with Crippen LogP contribution in [0.4, 0.5) is 0 Å². The average molecular weight is 174 g/mol. The Bertz CT molecular complexity index is 182. The van der Waals surface area contributed by atoms with Gasteiger partial charge in [0.05, 0.1) is 0 Å². The first-order chi connectivity index (χ1) is 5.50. The van der Waals surface area contributed by atoms with Crippen molar-refractivity contribution >= 4 is 11.9 Å². The zero-order chi connectivity index (χ0) is 9.72. The number of rotatable bonds is 4. The molecule has 0 aliphatic heterocycles. The molecule has 0 saturated carbocycles. The van der Waals surface area contributed by atoms with Gasteiger partial charge >= 0.3 is 5.97 Å². The Morgan fingerprint density at radius 2 is 2.25 bits per heavy atom. The smallest absolute Gasteiger partial charge is 0.328 e. The SMILES string of the molecule is CCCC(C(=O)O)N(N)C(=N)N. The lowest BCUT2D eigenvalue weighted by Gasteiger charge is -2.23. The van der Waals surface area contributed by atoms with Crippen molar-refractivity contribution in [3.05, 3.63) is 0 Å². The molecule has 0 saturated heterocycles. The van der Waals surface area contributed by atoms with Crippen LogP contribution in [0.25, 0.3) is 0 Å². The van der Waals surface area contributed by atoms with Gasteiger partial charge in [-0.25, -0.2) is 10.6 Å². The molecular formula is C6H14N4O2. The van der Waals surface area contributed by atoms with Crippen LogP contribution >= 0.6 is 0 Å². The highest BCUT2D eigenvalue weighted by molar-refractivity contribution is 5.82. The van der Waals surface area contributed by atoms with Crippen LogP contribution in [0.1, 0.15) is 19.8 Å². The average Bonchev–Trinajstić information content (AvgIpc) is 1.98. The summed E-state index contributed by atoms with van der Waals surface area (Å²) in [4.78, 5) is 10.6. The fraction of sp³-hybridized carbons (Fsp3) is 0.667. The van der Waals surface area contributed by atoms with Crippen LogP contribution in [0, 0.1) is 5.41 Å². The van der Waals surface area contributed by atoms with E-state index in [-0.39, 0.29) is 0 Å². The van der Waals surface area contributed by atoms with Crippen LogP contribution in [0.3, 0.4) is 0 Å². The van der Waals surface area contributed by atoms with Crippen molar-refractivity contribution in [1.82, 2.24) is 5.01 Å². The molecule has 0 rings (SSSR count). The van der Waals surface area contributed by atoms with Crippen LogP contribution < -0.4 is 11.6 Å². The number of hydrogen-bond donors (Lipinski definition) is 4. The molecule has 0 aromatic rings. The molecule has 0 aromatic heterocycles. The highest BCUT2D eigenvalue weighted by Gasteiger charge is 2.22. The minimum Gasteiger partial charge on any atom is -0.480 e. The van der Waals surface area contributed by atoms with Gasteiger partial charge in [0.2, 0.25) is 5.96 Å². The molecule has 1 unspecified atom stereocenters. The van der Waals surface area contributed by atoms with E-state index in [1.54, 1.807) is 0 Å². The molecule has 0 aliphatic rings. The molecule has 6 nitrogen and oxygen atoms in total. The number of aliphatic carboxylic acids is 1. The van der Waals surface area contributed by atoms with E-state index < -0.39 is 18.0 Å². The molecule has 0 spiro atoms. The first kappa shape index (κ1) is 10.7. The van der Waals surface area contributed by atoms with Gasteiger partial charge in [-0.05, 0) is 6.42 Å². The summed E-state index contributed by atoms with van der Waals surface area (Å²) in [7, 11) is 0.